The Hall–Kier alpha value is -2.84. The third kappa shape index (κ3) is 4.66. The lowest BCUT2D eigenvalue weighted by Crippen LogP contribution is -2.15. The van der Waals surface area contributed by atoms with Crippen molar-refractivity contribution in [3.8, 4) is 11.5 Å². The Bertz CT molecular complexity index is 1230. The molecule has 0 saturated carbocycles. The molecular formula is C24H26O6S2. The van der Waals surface area contributed by atoms with Crippen molar-refractivity contribution in [2.45, 2.75) is 51.3 Å². The summed E-state index contributed by atoms with van der Waals surface area (Å²) >= 11 is 0. The second-order valence-electron chi connectivity index (χ2n) is 7.86. The van der Waals surface area contributed by atoms with Crippen molar-refractivity contribution in [2.75, 3.05) is 0 Å². The third-order valence-corrected chi connectivity index (χ3v) is 7.96. The summed E-state index contributed by atoms with van der Waals surface area (Å²) < 4.78 is 62.3. The lowest BCUT2D eigenvalue weighted by molar-refractivity contribution is 0.470. The van der Waals surface area contributed by atoms with Gasteiger partial charge in [-0.1, -0.05) is 35.4 Å². The molecule has 3 rings (SSSR count). The SMILES string of the molecule is Cc1ccc(S(=O)(=O)Oc2c(C)c(C)c(OS(=O)(=O)c3ccc(C)cc3)c(C)c2C)cc1. The first-order chi connectivity index (χ1) is 14.8. The van der Waals surface area contributed by atoms with Gasteiger partial charge in [0.05, 0.1) is 0 Å². The maximum atomic E-state index is 12.8. The Labute approximate surface area is 190 Å². The number of hydrogen-bond donors (Lipinski definition) is 0. The van der Waals surface area contributed by atoms with Crippen LogP contribution in [0.2, 0.25) is 0 Å². The minimum atomic E-state index is -4.06. The number of hydrogen-bond acceptors (Lipinski definition) is 6. The normalized spacial score (nSPS) is 11.9. The smallest absolute Gasteiger partial charge is 0.339 e. The van der Waals surface area contributed by atoms with E-state index < -0.39 is 20.2 Å². The van der Waals surface area contributed by atoms with E-state index in [4.69, 9.17) is 8.37 Å². The summed E-state index contributed by atoms with van der Waals surface area (Å²) in [4.78, 5) is 0.0824. The summed E-state index contributed by atoms with van der Waals surface area (Å²) in [6.45, 7) is 10.4. The van der Waals surface area contributed by atoms with Crippen molar-refractivity contribution in [3.05, 3.63) is 81.9 Å². The van der Waals surface area contributed by atoms with Crippen molar-refractivity contribution < 1.29 is 25.2 Å². The molecule has 0 unspecified atom stereocenters. The van der Waals surface area contributed by atoms with Gasteiger partial charge in [0.1, 0.15) is 21.3 Å². The Morgan fingerprint density at radius 2 is 0.719 bits per heavy atom. The fourth-order valence-corrected chi connectivity index (χ4v) is 5.29. The molecule has 6 nitrogen and oxygen atoms in total. The molecule has 0 saturated heterocycles. The molecule has 8 heteroatoms. The van der Waals surface area contributed by atoms with E-state index in [1.54, 1.807) is 52.0 Å². The van der Waals surface area contributed by atoms with Crippen LogP contribution >= 0.6 is 0 Å². The largest absolute Gasteiger partial charge is 0.378 e. The van der Waals surface area contributed by atoms with Crippen LogP contribution in [0.1, 0.15) is 33.4 Å². The van der Waals surface area contributed by atoms with Gasteiger partial charge in [-0.05, 0) is 88.1 Å². The van der Waals surface area contributed by atoms with E-state index in [9.17, 15) is 16.8 Å². The van der Waals surface area contributed by atoms with Gasteiger partial charge in [-0.15, -0.1) is 0 Å². The maximum absolute atomic E-state index is 12.8. The van der Waals surface area contributed by atoms with E-state index >= 15 is 0 Å². The summed E-state index contributed by atoms with van der Waals surface area (Å²) in [6, 6.07) is 12.7. The van der Waals surface area contributed by atoms with Crippen molar-refractivity contribution in [2.24, 2.45) is 0 Å². The molecular weight excluding hydrogens is 448 g/mol. The lowest BCUT2D eigenvalue weighted by Gasteiger charge is -2.20. The van der Waals surface area contributed by atoms with E-state index in [1.165, 1.54) is 24.3 Å². The van der Waals surface area contributed by atoms with Crippen LogP contribution in [0.3, 0.4) is 0 Å². The first kappa shape index (κ1) is 23.8. The highest BCUT2D eigenvalue weighted by atomic mass is 32.2. The summed E-state index contributed by atoms with van der Waals surface area (Å²) in [5.74, 6) is 0.335. The molecule has 0 bridgehead atoms. The molecule has 0 radical (unpaired) electrons. The van der Waals surface area contributed by atoms with Gasteiger partial charge < -0.3 is 8.37 Å². The van der Waals surface area contributed by atoms with Gasteiger partial charge >= 0.3 is 20.2 Å². The molecule has 0 aliphatic carbocycles. The fourth-order valence-electron chi connectivity index (χ4n) is 3.22. The second kappa shape index (κ2) is 8.60. The molecule has 0 spiro atoms. The average Bonchev–Trinajstić information content (AvgIpc) is 2.73. The van der Waals surface area contributed by atoms with Crippen LogP contribution in [0, 0.1) is 41.5 Å². The van der Waals surface area contributed by atoms with Crippen LogP contribution in [0.25, 0.3) is 0 Å². The van der Waals surface area contributed by atoms with E-state index in [0.29, 0.717) is 22.3 Å². The van der Waals surface area contributed by atoms with Gasteiger partial charge in [-0.2, -0.15) is 16.8 Å². The maximum Gasteiger partial charge on any atom is 0.339 e. The predicted molar refractivity (Wildman–Crippen MR) is 123 cm³/mol. The van der Waals surface area contributed by atoms with Crippen molar-refractivity contribution in [3.63, 3.8) is 0 Å². The Morgan fingerprint density at radius 3 is 0.969 bits per heavy atom. The molecule has 0 amide bonds. The minimum absolute atomic E-state index is 0.0412. The lowest BCUT2D eigenvalue weighted by atomic mass is 9.99. The highest BCUT2D eigenvalue weighted by Crippen LogP contribution is 2.39. The molecule has 0 N–H and O–H groups in total. The highest BCUT2D eigenvalue weighted by Gasteiger charge is 2.26. The Balaban J connectivity index is 2.03. The van der Waals surface area contributed by atoms with Crippen molar-refractivity contribution in [1.29, 1.82) is 0 Å². The van der Waals surface area contributed by atoms with Crippen LogP contribution in [-0.4, -0.2) is 16.8 Å². The molecule has 0 aromatic heterocycles. The van der Waals surface area contributed by atoms with Crippen LogP contribution < -0.4 is 8.37 Å². The molecule has 0 fully saturated rings. The molecule has 3 aromatic carbocycles. The number of aryl methyl sites for hydroxylation is 2. The first-order valence-corrected chi connectivity index (χ1v) is 12.8. The molecule has 32 heavy (non-hydrogen) atoms. The molecule has 170 valence electrons. The monoisotopic (exact) mass is 474 g/mol. The first-order valence-electron chi connectivity index (χ1n) is 9.96. The quantitative estimate of drug-likeness (QED) is 0.464. The Morgan fingerprint density at radius 1 is 0.469 bits per heavy atom. The fraction of sp³-hybridized carbons (Fsp3) is 0.250. The zero-order chi connectivity index (χ0) is 23.8. The van der Waals surface area contributed by atoms with Crippen LogP contribution in [0.4, 0.5) is 0 Å². The van der Waals surface area contributed by atoms with Crippen LogP contribution in [0.5, 0.6) is 11.5 Å². The highest BCUT2D eigenvalue weighted by molar-refractivity contribution is 7.87. The molecule has 0 aliphatic rings. The van der Waals surface area contributed by atoms with Crippen molar-refractivity contribution >= 4 is 20.2 Å². The summed E-state index contributed by atoms with van der Waals surface area (Å²) in [7, 11) is -8.13. The molecule has 0 heterocycles. The van der Waals surface area contributed by atoms with Gasteiger partial charge in [-0.25, -0.2) is 0 Å². The predicted octanol–water partition coefficient (Wildman–Crippen LogP) is 5.07. The zero-order valence-electron chi connectivity index (χ0n) is 18.9. The van der Waals surface area contributed by atoms with Gasteiger partial charge in [0.25, 0.3) is 0 Å². The van der Waals surface area contributed by atoms with Crippen molar-refractivity contribution in [1.82, 2.24) is 0 Å². The summed E-state index contributed by atoms with van der Waals surface area (Å²) in [5.41, 5.74) is 3.80. The van der Waals surface area contributed by atoms with E-state index in [1.807, 2.05) is 13.8 Å². The van der Waals surface area contributed by atoms with Gasteiger partial charge in [0.15, 0.2) is 0 Å². The molecule has 0 atom stereocenters. The van der Waals surface area contributed by atoms with Gasteiger partial charge in [0.2, 0.25) is 0 Å². The van der Waals surface area contributed by atoms with E-state index in [0.717, 1.165) is 11.1 Å². The molecule has 0 aliphatic heterocycles. The topological polar surface area (TPSA) is 86.7 Å². The summed E-state index contributed by atoms with van der Waals surface area (Å²) in [5, 5.41) is 0. The second-order valence-corrected chi connectivity index (χ2v) is 11.0. The Kier molecular flexibility index (Phi) is 6.40. The van der Waals surface area contributed by atoms with E-state index in [-0.39, 0.29) is 21.3 Å². The van der Waals surface area contributed by atoms with Crippen LogP contribution in [-0.2, 0) is 20.2 Å². The van der Waals surface area contributed by atoms with Gasteiger partial charge in [0, 0.05) is 0 Å². The standard InChI is InChI=1S/C24H26O6S2/c1-15-7-11-21(12-8-15)31(25,26)29-23-17(3)19(5)24(20(6)18(23)4)30-32(27,28)22-13-9-16(2)10-14-22/h7-14H,1-6H3. The minimum Gasteiger partial charge on any atom is -0.378 e. The zero-order valence-corrected chi connectivity index (χ0v) is 20.5. The third-order valence-electron chi connectivity index (χ3n) is 5.49. The average molecular weight is 475 g/mol. The number of benzene rings is 3. The summed E-state index contributed by atoms with van der Waals surface area (Å²) in [6.07, 6.45) is 0. The number of rotatable bonds is 6. The van der Waals surface area contributed by atoms with Crippen LogP contribution in [0.15, 0.2) is 58.3 Å². The molecule has 3 aromatic rings. The van der Waals surface area contributed by atoms with E-state index in [2.05, 4.69) is 0 Å². The van der Waals surface area contributed by atoms with Gasteiger partial charge in [-0.3, -0.25) is 0 Å².